The van der Waals surface area contributed by atoms with Gasteiger partial charge in [0.15, 0.2) is 5.16 Å². The number of imide groups is 1. The number of carbonyl (C=O) groups excluding carboxylic acids is 2. The van der Waals surface area contributed by atoms with Crippen LogP contribution in [-0.2, 0) is 16.1 Å². The SMILES string of the molecule is COCCn1c(SCC(=O)NC(=O)c2cccs2)nc2ccccc21. The van der Waals surface area contributed by atoms with E-state index in [1.54, 1.807) is 24.6 Å². The Morgan fingerprint density at radius 3 is 2.88 bits per heavy atom. The van der Waals surface area contributed by atoms with Crippen LogP contribution in [0.1, 0.15) is 9.67 Å². The predicted octanol–water partition coefficient (Wildman–Crippen LogP) is 2.79. The van der Waals surface area contributed by atoms with Gasteiger partial charge in [-0.3, -0.25) is 14.9 Å². The van der Waals surface area contributed by atoms with Crippen molar-refractivity contribution in [2.45, 2.75) is 11.7 Å². The minimum Gasteiger partial charge on any atom is -0.383 e. The maximum absolute atomic E-state index is 12.1. The highest BCUT2D eigenvalue weighted by atomic mass is 32.2. The molecule has 130 valence electrons. The maximum Gasteiger partial charge on any atom is 0.267 e. The Labute approximate surface area is 153 Å². The molecule has 2 heterocycles. The third kappa shape index (κ3) is 4.28. The summed E-state index contributed by atoms with van der Waals surface area (Å²) in [6.07, 6.45) is 0. The van der Waals surface area contributed by atoms with E-state index in [2.05, 4.69) is 10.3 Å². The van der Waals surface area contributed by atoms with Gasteiger partial charge in [-0.05, 0) is 23.6 Å². The Morgan fingerprint density at radius 2 is 2.12 bits per heavy atom. The summed E-state index contributed by atoms with van der Waals surface area (Å²) in [6.45, 7) is 1.20. The number of nitrogens with zero attached hydrogens (tertiary/aromatic N) is 2. The molecule has 2 aromatic heterocycles. The lowest BCUT2D eigenvalue weighted by molar-refractivity contribution is -0.117. The number of nitrogens with one attached hydrogen (secondary N) is 1. The fraction of sp³-hybridized carbons (Fsp3) is 0.235. The first-order chi connectivity index (χ1) is 12.2. The summed E-state index contributed by atoms with van der Waals surface area (Å²) in [5.74, 6) is -0.588. The number of aromatic nitrogens is 2. The summed E-state index contributed by atoms with van der Waals surface area (Å²) in [7, 11) is 1.65. The number of hydrogen-bond acceptors (Lipinski definition) is 6. The normalized spacial score (nSPS) is 10.9. The molecular weight excluding hydrogens is 358 g/mol. The van der Waals surface area contributed by atoms with E-state index in [1.165, 1.54) is 23.1 Å². The predicted molar refractivity (Wildman–Crippen MR) is 99.1 cm³/mol. The highest BCUT2D eigenvalue weighted by Crippen LogP contribution is 2.24. The van der Waals surface area contributed by atoms with Gasteiger partial charge in [-0.15, -0.1) is 11.3 Å². The minimum absolute atomic E-state index is 0.118. The Hall–Kier alpha value is -2.16. The van der Waals surface area contributed by atoms with Gasteiger partial charge >= 0.3 is 0 Å². The monoisotopic (exact) mass is 375 g/mol. The van der Waals surface area contributed by atoms with Crippen LogP contribution in [-0.4, -0.2) is 40.8 Å². The summed E-state index contributed by atoms with van der Waals surface area (Å²) in [6, 6.07) is 11.3. The van der Waals surface area contributed by atoms with Crippen LogP contribution in [0, 0.1) is 0 Å². The molecule has 0 aliphatic heterocycles. The highest BCUT2D eigenvalue weighted by Gasteiger charge is 2.15. The zero-order chi connectivity index (χ0) is 17.6. The van der Waals surface area contributed by atoms with E-state index in [0.29, 0.717) is 18.0 Å². The molecule has 0 saturated heterocycles. The number of para-hydroxylation sites is 2. The largest absolute Gasteiger partial charge is 0.383 e. The number of thioether (sulfide) groups is 1. The van der Waals surface area contributed by atoms with Gasteiger partial charge in [-0.1, -0.05) is 30.0 Å². The van der Waals surface area contributed by atoms with Crippen LogP contribution in [0.2, 0.25) is 0 Å². The standard InChI is InChI=1S/C17H17N3O3S2/c1-23-9-8-20-13-6-3-2-5-12(13)18-17(20)25-11-15(21)19-16(22)14-7-4-10-24-14/h2-7,10H,8-9,11H2,1H3,(H,19,21,22). The smallest absolute Gasteiger partial charge is 0.267 e. The average molecular weight is 375 g/mol. The molecule has 0 unspecified atom stereocenters. The zero-order valence-electron chi connectivity index (χ0n) is 13.6. The van der Waals surface area contributed by atoms with Gasteiger partial charge in [0.2, 0.25) is 5.91 Å². The zero-order valence-corrected chi connectivity index (χ0v) is 15.2. The van der Waals surface area contributed by atoms with Crippen molar-refractivity contribution in [3.8, 4) is 0 Å². The first-order valence-electron chi connectivity index (χ1n) is 7.63. The number of ether oxygens (including phenoxy) is 1. The number of carbonyl (C=O) groups is 2. The van der Waals surface area contributed by atoms with Crippen LogP contribution in [0.5, 0.6) is 0 Å². The molecule has 1 N–H and O–H groups in total. The third-order valence-corrected chi connectivity index (χ3v) is 5.31. The quantitative estimate of drug-likeness (QED) is 0.643. The van der Waals surface area contributed by atoms with Gasteiger partial charge in [0.05, 0.1) is 28.3 Å². The summed E-state index contributed by atoms with van der Waals surface area (Å²) in [4.78, 5) is 29.1. The van der Waals surface area contributed by atoms with Crippen molar-refractivity contribution in [1.82, 2.24) is 14.9 Å². The lowest BCUT2D eigenvalue weighted by atomic mass is 10.3. The van der Waals surface area contributed by atoms with E-state index in [0.717, 1.165) is 16.2 Å². The molecule has 1 aromatic carbocycles. The van der Waals surface area contributed by atoms with Gasteiger partial charge in [0.25, 0.3) is 5.91 Å². The van der Waals surface area contributed by atoms with Crippen LogP contribution in [0.3, 0.4) is 0 Å². The van der Waals surface area contributed by atoms with Crippen molar-refractivity contribution in [3.63, 3.8) is 0 Å². The molecule has 25 heavy (non-hydrogen) atoms. The van der Waals surface area contributed by atoms with Crippen molar-refractivity contribution >= 4 is 45.9 Å². The maximum atomic E-state index is 12.1. The van der Waals surface area contributed by atoms with Gasteiger partial charge in [-0.25, -0.2) is 4.98 Å². The molecule has 0 spiro atoms. The topological polar surface area (TPSA) is 73.2 Å². The molecule has 0 bridgehead atoms. The van der Waals surface area contributed by atoms with Crippen molar-refractivity contribution in [2.75, 3.05) is 19.5 Å². The molecule has 0 atom stereocenters. The first-order valence-corrected chi connectivity index (χ1v) is 9.50. The van der Waals surface area contributed by atoms with E-state index in [1.807, 2.05) is 28.8 Å². The number of fused-ring (bicyclic) bond motifs is 1. The Balaban J connectivity index is 1.67. The molecule has 8 heteroatoms. The second-order valence-corrected chi connectivity index (χ2v) is 7.06. The molecular formula is C17H17N3O3S2. The molecule has 3 aromatic rings. The Kier molecular flexibility index (Phi) is 5.85. The van der Waals surface area contributed by atoms with E-state index in [-0.39, 0.29) is 17.6 Å². The highest BCUT2D eigenvalue weighted by molar-refractivity contribution is 7.99. The molecule has 0 aliphatic rings. The van der Waals surface area contributed by atoms with E-state index in [9.17, 15) is 9.59 Å². The molecule has 3 rings (SSSR count). The average Bonchev–Trinajstić information content (AvgIpc) is 3.26. The second-order valence-electron chi connectivity index (χ2n) is 5.17. The second kappa shape index (κ2) is 8.28. The molecule has 0 fully saturated rings. The van der Waals surface area contributed by atoms with Crippen LogP contribution in [0.15, 0.2) is 46.9 Å². The number of thiophene rings is 1. The lowest BCUT2D eigenvalue weighted by Crippen LogP contribution is -2.31. The van der Waals surface area contributed by atoms with Gasteiger partial charge in [0, 0.05) is 13.7 Å². The van der Waals surface area contributed by atoms with Gasteiger partial charge in [-0.2, -0.15) is 0 Å². The lowest BCUT2D eigenvalue weighted by Gasteiger charge is -2.08. The summed E-state index contributed by atoms with van der Waals surface area (Å²) < 4.78 is 7.18. The Morgan fingerprint density at radius 1 is 1.28 bits per heavy atom. The Bertz CT molecular complexity index is 875. The molecule has 0 saturated carbocycles. The summed E-state index contributed by atoms with van der Waals surface area (Å²) in [5.41, 5.74) is 1.87. The van der Waals surface area contributed by atoms with E-state index in [4.69, 9.17) is 4.74 Å². The molecule has 6 nitrogen and oxygen atoms in total. The van der Waals surface area contributed by atoms with E-state index >= 15 is 0 Å². The number of benzene rings is 1. The number of methoxy groups -OCH3 is 1. The first kappa shape index (κ1) is 17.7. The number of rotatable bonds is 7. The minimum atomic E-state index is -0.367. The summed E-state index contributed by atoms with van der Waals surface area (Å²) in [5, 5.41) is 4.93. The van der Waals surface area contributed by atoms with Crippen molar-refractivity contribution in [1.29, 1.82) is 0 Å². The van der Waals surface area contributed by atoms with Crippen LogP contribution in [0.25, 0.3) is 11.0 Å². The van der Waals surface area contributed by atoms with Gasteiger partial charge in [0.1, 0.15) is 0 Å². The van der Waals surface area contributed by atoms with Crippen molar-refractivity contribution in [2.24, 2.45) is 0 Å². The summed E-state index contributed by atoms with van der Waals surface area (Å²) >= 11 is 2.61. The molecule has 0 radical (unpaired) electrons. The fourth-order valence-corrected chi connectivity index (χ4v) is 3.78. The van der Waals surface area contributed by atoms with Crippen molar-refractivity contribution < 1.29 is 14.3 Å². The van der Waals surface area contributed by atoms with E-state index < -0.39 is 0 Å². The molecule has 0 aliphatic carbocycles. The number of hydrogen-bond donors (Lipinski definition) is 1. The number of imidazole rings is 1. The van der Waals surface area contributed by atoms with Gasteiger partial charge < -0.3 is 9.30 Å². The fourth-order valence-electron chi connectivity index (χ4n) is 2.32. The van der Waals surface area contributed by atoms with Crippen molar-refractivity contribution in [3.05, 3.63) is 46.7 Å². The van der Waals surface area contributed by atoms with Crippen LogP contribution in [0.4, 0.5) is 0 Å². The number of amides is 2. The molecule has 2 amide bonds. The third-order valence-electron chi connectivity index (χ3n) is 3.47. The van der Waals surface area contributed by atoms with Crippen LogP contribution < -0.4 is 5.32 Å². The van der Waals surface area contributed by atoms with Crippen LogP contribution >= 0.6 is 23.1 Å².